The molecule has 0 spiro atoms. The Balaban J connectivity index is 1.43. The second-order valence-electron chi connectivity index (χ2n) is 8.15. The monoisotopic (exact) mass is 370 g/mol. The highest BCUT2D eigenvalue weighted by atomic mass is 16.3. The molecule has 2 N–H and O–H groups in total. The number of hydrogen-bond donors (Lipinski definition) is 2. The molecule has 1 aromatic heterocycles. The van der Waals surface area contributed by atoms with Crippen LogP contribution in [0, 0.1) is 11.8 Å². The van der Waals surface area contributed by atoms with Gasteiger partial charge in [0.1, 0.15) is 0 Å². The largest absolute Gasteiger partial charge is 0.396 e. The zero-order valence-corrected chi connectivity index (χ0v) is 16.1. The molecule has 6 heteroatoms. The first-order valence-electron chi connectivity index (χ1n) is 10.0. The van der Waals surface area contributed by atoms with Gasteiger partial charge in [0.2, 0.25) is 0 Å². The lowest BCUT2D eigenvalue weighted by Gasteiger charge is -2.26. The van der Waals surface area contributed by atoms with Gasteiger partial charge in [-0.3, -0.25) is 4.79 Å². The summed E-state index contributed by atoms with van der Waals surface area (Å²) in [5.41, 5.74) is 1.78. The van der Waals surface area contributed by atoms with Crippen molar-refractivity contribution in [2.75, 3.05) is 59.5 Å². The number of aliphatic hydroxyl groups excluding tert-OH is 1. The van der Waals surface area contributed by atoms with Gasteiger partial charge in [0.25, 0.3) is 5.91 Å². The Morgan fingerprint density at radius 1 is 1.15 bits per heavy atom. The van der Waals surface area contributed by atoms with Crippen LogP contribution in [0.15, 0.2) is 30.5 Å². The summed E-state index contributed by atoms with van der Waals surface area (Å²) in [4.78, 5) is 23.0. The third-order valence-electron chi connectivity index (χ3n) is 6.20. The topological polar surface area (TPSA) is 62.8 Å². The summed E-state index contributed by atoms with van der Waals surface area (Å²) in [5.74, 6) is 0.596. The number of aromatic amines is 1. The van der Waals surface area contributed by atoms with Gasteiger partial charge in [-0.1, -0.05) is 0 Å². The molecule has 0 radical (unpaired) electrons. The quantitative estimate of drug-likeness (QED) is 0.856. The number of nitrogens with zero attached hydrogens (tertiary/aromatic N) is 3. The zero-order chi connectivity index (χ0) is 18.8. The van der Waals surface area contributed by atoms with E-state index in [1.807, 2.05) is 35.4 Å². The fourth-order valence-corrected chi connectivity index (χ4v) is 4.50. The number of rotatable bonds is 4. The number of carbonyl (C=O) groups is 1. The predicted octanol–water partition coefficient (Wildman–Crippen LogP) is 1.49. The Hall–Kier alpha value is -1.89. The van der Waals surface area contributed by atoms with Gasteiger partial charge in [0.15, 0.2) is 0 Å². The number of benzene rings is 1. The van der Waals surface area contributed by atoms with E-state index in [1.165, 1.54) is 6.42 Å². The summed E-state index contributed by atoms with van der Waals surface area (Å²) < 4.78 is 0. The molecule has 2 saturated heterocycles. The highest BCUT2D eigenvalue weighted by Gasteiger charge is 2.36. The molecule has 1 amide bonds. The number of aromatic nitrogens is 1. The van der Waals surface area contributed by atoms with E-state index >= 15 is 0 Å². The summed E-state index contributed by atoms with van der Waals surface area (Å²) in [6, 6.07) is 7.81. The molecule has 1 aromatic carbocycles. The maximum atomic E-state index is 13.0. The number of aliphatic hydroxyl groups is 1. The van der Waals surface area contributed by atoms with Crippen molar-refractivity contribution < 1.29 is 9.90 Å². The molecule has 0 aliphatic carbocycles. The number of likely N-dealkylation sites (N-methyl/N-ethyl adjacent to an activating group) is 1. The minimum absolute atomic E-state index is 0.0784. The highest BCUT2D eigenvalue weighted by Crippen LogP contribution is 2.27. The number of amides is 1. The first kappa shape index (κ1) is 18.5. The number of fused-ring (bicyclic) bond motifs is 1. The van der Waals surface area contributed by atoms with Crippen molar-refractivity contribution in [1.82, 2.24) is 19.7 Å². The Morgan fingerprint density at radius 2 is 2.00 bits per heavy atom. The Kier molecular flexibility index (Phi) is 5.48. The molecule has 2 atom stereocenters. The van der Waals surface area contributed by atoms with Crippen LogP contribution in [0.25, 0.3) is 10.9 Å². The van der Waals surface area contributed by atoms with E-state index in [1.54, 1.807) is 0 Å². The van der Waals surface area contributed by atoms with Crippen LogP contribution >= 0.6 is 0 Å². The van der Waals surface area contributed by atoms with Gasteiger partial charge in [-0.2, -0.15) is 0 Å². The molecule has 146 valence electrons. The van der Waals surface area contributed by atoms with Crippen LogP contribution in [0.5, 0.6) is 0 Å². The normalized spacial score (nSPS) is 25.2. The van der Waals surface area contributed by atoms with Crippen LogP contribution in [0.3, 0.4) is 0 Å². The molecule has 2 aromatic rings. The van der Waals surface area contributed by atoms with E-state index in [2.05, 4.69) is 21.8 Å². The van der Waals surface area contributed by atoms with E-state index in [0.717, 1.165) is 55.7 Å². The molecular weight excluding hydrogens is 340 g/mol. The Morgan fingerprint density at radius 3 is 2.85 bits per heavy atom. The van der Waals surface area contributed by atoms with Crippen LogP contribution in [0.1, 0.15) is 16.8 Å². The van der Waals surface area contributed by atoms with Crippen molar-refractivity contribution in [3.05, 3.63) is 36.0 Å². The molecule has 2 fully saturated rings. The number of nitrogens with one attached hydrogen (secondary N) is 1. The highest BCUT2D eigenvalue weighted by molar-refractivity contribution is 5.98. The van der Waals surface area contributed by atoms with Gasteiger partial charge in [0.05, 0.1) is 0 Å². The first-order chi connectivity index (χ1) is 13.1. The Bertz CT molecular complexity index is 789. The summed E-state index contributed by atoms with van der Waals surface area (Å²) >= 11 is 0. The van der Waals surface area contributed by atoms with Crippen molar-refractivity contribution in [3.63, 3.8) is 0 Å². The molecule has 4 rings (SSSR count). The van der Waals surface area contributed by atoms with E-state index in [4.69, 9.17) is 0 Å². The SMILES string of the molecule is CN1CCCN(CC2CN(C(=O)c3ccc4[nH]ccc4c3)CC2CO)CC1. The molecule has 3 heterocycles. The van der Waals surface area contributed by atoms with Gasteiger partial charge in [-0.05, 0) is 56.7 Å². The molecule has 0 saturated carbocycles. The number of H-pyrrole nitrogens is 1. The number of carbonyl (C=O) groups excluding carboxylic acids is 1. The van der Waals surface area contributed by atoms with E-state index in [0.29, 0.717) is 12.5 Å². The summed E-state index contributed by atoms with van der Waals surface area (Å²) in [6.45, 7) is 6.94. The maximum absolute atomic E-state index is 13.0. The van der Waals surface area contributed by atoms with Gasteiger partial charge >= 0.3 is 0 Å². The lowest BCUT2D eigenvalue weighted by Crippen LogP contribution is -2.36. The molecule has 2 aliphatic heterocycles. The van der Waals surface area contributed by atoms with Crippen LogP contribution < -0.4 is 0 Å². The summed E-state index contributed by atoms with van der Waals surface area (Å²) in [5, 5.41) is 10.9. The minimum Gasteiger partial charge on any atom is -0.396 e. The van der Waals surface area contributed by atoms with Crippen molar-refractivity contribution in [2.45, 2.75) is 6.42 Å². The third kappa shape index (κ3) is 4.03. The third-order valence-corrected chi connectivity index (χ3v) is 6.20. The van der Waals surface area contributed by atoms with E-state index < -0.39 is 0 Å². The lowest BCUT2D eigenvalue weighted by molar-refractivity contribution is 0.0779. The molecule has 6 nitrogen and oxygen atoms in total. The second-order valence-corrected chi connectivity index (χ2v) is 8.15. The number of hydrogen-bond acceptors (Lipinski definition) is 4. The van der Waals surface area contributed by atoms with E-state index in [-0.39, 0.29) is 18.4 Å². The van der Waals surface area contributed by atoms with Gasteiger partial charge in [-0.25, -0.2) is 0 Å². The van der Waals surface area contributed by atoms with Crippen LogP contribution in [-0.2, 0) is 0 Å². The van der Waals surface area contributed by atoms with Crippen LogP contribution in [0.2, 0.25) is 0 Å². The Labute approximate surface area is 160 Å². The first-order valence-corrected chi connectivity index (χ1v) is 10.0. The lowest BCUT2D eigenvalue weighted by atomic mass is 9.96. The zero-order valence-electron chi connectivity index (χ0n) is 16.1. The molecule has 27 heavy (non-hydrogen) atoms. The predicted molar refractivity (Wildman–Crippen MR) is 107 cm³/mol. The smallest absolute Gasteiger partial charge is 0.253 e. The fourth-order valence-electron chi connectivity index (χ4n) is 4.50. The van der Waals surface area contributed by atoms with Crippen molar-refractivity contribution in [1.29, 1.82) is 0 Å². The molecule has 0 bridgehead atoms. The summed E-state index contributed by atoms with van der Waals surface area (Å²) in [6.07, 6.45) is 3.08. The van der Waals surface area contributed by atoms with Gasteiger partial charge < -0.3 is 24.8 Å². The van der Waals surface area contributed by atoms with E-state index in [9.17, 15) is 9.90 Å². The number of likely N-dealkylation sites (tertiary alicyclic amines) is 1. The van der Waals surface area contributed by atoms with Gasteiger partial charge in [0, 0.05) is 67.9 Å². The fraction of sp³-hybridized carbons (Fsp3) is 0.571. The molecular formula is C21H30N4O2. The summed E-state index contributed by atoms with van der Waals surface area (Å²) in [7, 11) is 2.18. The second kappa shape index (κ2) is 8.00. The average molecular weight is 370 g/mol. The van der Waals surface area contributed by atoms with Gasteiger partial charge in [-0.15, -0.1) is 0 Å². The van der Waals surface area contributed by atoms with Crippen molar-refractivity contribution in [2.24, 2.45) is 11.8 Å². The van der Waals surface area contributed by atoms with Crippen LogP contribution in [0.4, 0.5) is 0 Å². The minimum atomic E-state index is 0.0784. The molecule has 2 unspecified atom stereocenters. The molecule has 2 aliphatic rings. The maximum Gasteiger partial charge on any atom is 0.253 e. The average Bonchev–Trinajstić information content (AvgIpc) is 3.25. The van der Waals surface area contributed by atoms with Crippen molar-refractivity contribution >= 4 is 16.8 Å². The standard InChI is InChI=1S/C21H30N4O2/c1-23-7-2-8-24(10-9-23)12-18-13-25(14-19(18)15-26)21(27)17-3-4-20-16(11-17)5-6-22-20/h3-6,11,18-19,22,26H,2,7-10,12-15H2,1H3. The van der Waals surface area contributed by atoms with Crippen molar-refractivity contribution in [3.8, 4) is 0 Å². The van der Waals surface area contributed by atoms with Crippen LogP contribution in [-0.4, -0.2) is 90.2 Å².